The number of nitrogen functional groups attached to an aromatic ring is 1. The van der Waals surface area contributed by atoms with Gasteiger partial charge in [-0.15, -0.1) is 0 Å². The number of ether oxygens (including phenoxy) is 2. The van der Waals surface area contributed by atoms with Crippen molar-refractivity contribution in [3.05, 3.63) is 92.1 Å². The molecule has 3 N–H and O–H groups in total. The molecule has 1 aliphatic heterocycles. The Kier molecular flexibility index (Phi) is 6.60. The zero-order valence-electron chi connectivity index (χ0n) is 18.5. The van der Waals surface area contributed by atoms with Gasteiger partial charge in [0.1, 0.15) is 11.9 Å². The number of nitrogens with zero attached hydrogens (tertiary/aromatic N) is 2. The van der Waals surface area contributed by atoms with Crippen molar-refractivity contribution in [3.8, 4) is 0 Å². The second-order valence-corrected chi connectivity index (χ2v) is 7.79. The van der Waals surface area contributed by atoms with Crippen LogP contribution in [0.1, 0.15) is 34.0 Å². The fourth-order valence-corrected chi connectivity index (χ4v) is 3.95. The van der Waals surface area contributed by atoms with E-state index in [0.29, 0.717) is 11.1 Å². The summed E-state index contributed by atoms with van der Waals surface area (Å²) in [6.07, 6.45) is -1.000. The normalized spacial score (nSPS) is 14.5. The van der Waals surface area contributed by atoms with E-state index < -0.39 is 29.2 Å². The van der Waals surface area contributed by atoms with E-state index >= 15 is 0 Å². The second-order valence-electron chi connectivity index (χ2n) is 7.79. The second kappa shape index (κ2) is 9.75. The van der Waals surface area contributed by atoms with Gasteiger partial charge in [-0.2, -0.15) is 0 Å². The maximum atomic E-state index is 13.4. The summed E-state index contributed by atoms with van der Waals surface area (Å²) in [6, 6.07) is 15.9. The average Bonchev–Trinajstić information content (AvgIpc) is 3.14. The summed E-state index contributed by atoms with van der Waals surface area (Å²) in [4.78, 5) is 54.3. The number of fused-ring (bicyclic) bond motifs is 1. The first-order valence-corrected chi connectivity index (χ1v) is 10.7. The van der Waals surface area contributed by atoms with Crippen molar-refractivity contribution < 1.29 is 19.1 Å². The van der Waals surface area contributed by atoms with Crippen molar-refractivity contribution in [1.82, 2.24) is 9.55 Å². The molecule has 2 heterocycles. The number of aromatic amines is 1. The monoisotopic (exact) mass is 464 g/mol. The van der Waals surface area contributed by atoms with Crippen molar-refractivity contribution in [2.75, 3.05) is 30.9 Å². The Balaban J connectivity index is 1.69. The summed E-state index contributed by atoms with van der Waals surface area (Å²) in [7, 11) is 1.46. The maximum Gasteiger partial charge on any atom is 0.339 e. The molecule has 0 fully saturated rings. The van der Waals surface area contributed by atoms with E-state index in [0.717, 1.165) is 5.56 Å². The number of carbonyl (C=O) groups is 2. The number of rotatable bonds is 8. The number of hydrogen-bond acceptors (Lipinski definition) is 7. The number of hydrogen-bond donors (Lipinski definition) is 2. The van der Waals surface area contributed by atoms with Crippen LogP contribution in [-0.2, 0) is 20.8 Å². The molecule has 10 nitrogen and oxygen atoms in total. The molecule has 1 amide bonds. The lowest BCUT2D eigenvalue weighted by atomic mass is 10.0. The van der Waals surface area contributed by atoms with Gasteiger partial charge in [0.05, 0.1) is 25.1 Å². The summed E-state index contributed by atoms with van der Waals surface area (Å²) in [6.45, 7) is 0.229. The average molecular weight is 464 g/mol. The molecule has 1 atom stereocenters. The van der Waals surface area contributed by atoms with Gasteiger partial charge < -0.3 is 20.1 Å². The summed E-state index contributed by atoms with van der Waals surface area (Å²) < 4.78 is 11.7. The number of carbonyl (C=O) groups excluding carboxylic acids is 2. The zero-order chi connectivity index (χ0) is 24.2. The van der Waals surface area contributed by atoms with Crippen LogP contribution in [-0.4, -0.2) is 41.7 Å². The van der Waals surface area contributed by atoms with Gasteiger partial charge in [0, 0.05) is 19.2 Å². The van der Waals surface area contributed by atoms with Crippen molar-refractivity contribution >= 4 is 23.4 Å². The smallest absolute Gasteiger partial charge is 0.339 e. The van der Waals surface area contributed by atoms with Gasteiger partial charge in [-0.3, -0.25) is 19.1 Å². The molecule has 1 aliphatic rings. The Labute approximate surface area is 194 Å². The fraction of sp³-hybridized carbons (Fsp3) is 0.250. The lowest BCUT2D eigenvalue weighted by molar-refractivity contribution is -0.120. The largest absolute Gasteiger partial charge is 0.453 e. The first-order valence-electron chi connectivity index (χ1n) is 10.7. The number of anilines is 2. The van der Waals surface area contributed by atoms with E-state index in [4.69, 9.17) is 15.2 Å². The number of methoxy groups -OCH3 is 1. The fourth-order valence-electron chi connectivity index (χ4n) is 3.95. The topological polar surface area (TPSA) is 137 Å². The van der Waals surface area contributed by atoms with Crippen molar-refractivity contribution in [1.29, 1.82) is 0 Å². The molecule has 0 unspecified atom stereocenters. The number of esters is 1. The van der Waals surface area contributed by atoms with Gasteiger partial charge in [-0.1, -0.05) is 48.5 Å². The van der Waals surface area contributed by atoms with E-state index in [9.17, 15) is 19.2 Å². The van der Waals surface area contributed by atoms with Crippen LogP contribution in [0.2, 0.25) is 0 Å². The summed E-state index contributed by atoms with van der Waals surface area (Å²) in [5.41, 5.74) is 6.43. The zero-order valence-corrected chi connectivity index (χ0v) is 18.5. The van der Waals surface area contributed by atoms with Crippen LogP contribution in [0.3, 0.4) is 0 Å². The van der Waals surface area contributed by atoms with Crippen LogP contribution in [0.5, 0.6) is 0 Å². The highest BCUT2D eigenvalue weighted by Crippen LogP contribution is 2.33. The minimum Gasteiger partial charge on any atom is -0.453 e. The predicted molar refractivity (Wildman–Crippen MR) is 125 cm³/mol. The van der Waals surface area contributed by atoms with Crippen LogP contribution in [0.15, 0.2) is 64.2 Å². The number of nitrogens with one attached hydrogen (secondary N) is 1. The Hall–Kier alpha value is -4.18. The molecule has 0 aliphatic carbocycles. The first-order chi connectivity index (χ1) is 16.4. The third kappa shape index (κ3) is 4.48. The molecule has 3 aromatic rings. The quantitative estimate of drug-likeness (QED) is 0.482. The van der Waals surface area contributed by atoms with Crippen molar-refractivity contribution in [2.24, 2.45) is 0 Å². The molecule has 4 rings (SSSR count). The van der Waals surface area contributed by atoms with Gasteiger partial charge in [0.2, 0.25) is 5.91 Å². The van der Waals surface area contributed by atoms with Crippen LogP contribution < -0.4 is 21.9 Å². The number of nitrogens with two attached hydrogens (primary N) is 1. The summed E-state index contributed by atoms with van der Waals surface area (Å²) in [5.74, 6) is -1.16. The number of amides is 1. The summed E-state index contributed by atoms with van der Waals surface area (Å²) in [5, 5.41) is 0. The predicted octanol–water partition coefficient (Wildman–Crippen LogP) is 1.45. The van der Waals surface area contributed by atoms with Gasteiger partial charge in [0.25, 0.3) is 5.56 Å². The highest BCUT2D eigenvalue weighted by Gasteiger charge is 2.34. The molecule has 2 aromatic carbocycles. The SMILES string of the molecule is COCCN(C(=O)C[C@@H]1OC(=O)c2ccccc21)c1c(N)n(Cc2ccccc2)c(=O)[nH]c1=O. The third-order valence-electron chi connectivity index (χ3n) is 5.62. The lowest BCUT2D eigenvalue weighted by Gasteiger charge is -2.25. The molecular weight excluding hydrogens is 440 g/mol. The number of cyclic esters (lactones) is 1. The van der Waals surface area contributed by atoms with E-state index in [-0.39, 0.29) is 37.6 Å². The van der Waals surface area contributed by atoms with Crippen LogP contribution in [0.25, 0.3) is 0 Å². The van der Waals surface area contributed by atoms with E-state index in [2.05, 4.69) is 4.98 Å². The minimum atomic E-state index is -0.795. The molecular formula is C24H24N4O6. The van der Waals surface area contributed by atoms with Crippen molar-refractivity contribution in [2.45, 2.75) is 19.1 Å². The van der Waals surface area contributed by atoms with Gasteiger partial charge in [0.15, 0.2) is 5.69 Å². The number of aromatic nitrogens is 2. The molecule has 176 valence electrons. The number of H-pyrrole nitrogens is 1. The molecule has 0 saturated heterocycles. The molecule has 10 heteroatoms. The van der Waals surface area contributed by atoms with E-state index in [1.165, 1.54) is 16.6 Å². The molecule has 0 spiro atoms. The highest BCUT2D eigenvalue weighted by atomic mass is 16.5. The van der Waals surface area contributed by atoms with Gasteiger partial charge >= 0.3 is 11.7 Å². The lowest BCUT2D eigenvalue weighted by Crippen LogP contribution is -2.43. The Morgan fingerprint density at radius 2 is 1.82 bits per heavy atom. The van der Waals surface area contributed by atoms with Crippen molar-refractivity contribution in [3.63, 3.8) is 0 Å². The number of benzene rings is 2. The van der Waals surface area contributed by atoms with Crippen LogP contribution in [0.4, 0.5) is 11.5 Å². The van der Waals surface area contributed by atoms with Gasteiger partial charge in [-0.25, -0.2) is 9.59 Å². The van der Waals surface area contributed by atoms with E-state index in [1.807, 2.05) is 30.3 Å². The molecule has 0 bridgehead atoms. The molecule has 0 saturated carbocycles. The molecule has 34 heavy (non-hydrogen) atoms. The first kappa shape index (κ1) is 23.0. The standard InChI is InChI=1S/C24H24N4O6/c1-33-12-11-27(19(29)13-18-16-9-5-6-10-17(16)23(31)34-18)20-21(25)28(24(32)26-22(20)30)14-15-7-3-2-4-8-15/h2-10,18H,11-14,25H2,1H3,(H,26,30,32)/t18-/m0/s1. The Bertz CT molecular complexity index is 1330. The Morgan fingerprint density at radius 1 is 1.12 bits per heavy atom. The molecule has 1 aromatic heterocycles. The van der Waals surface area contributed by atoms with E-state index in [1.54, 1.807) is 24.3 Å². The van der Waals surface area contributed by atoms with Gasteiger partial charge in [-0.05, 0) is 11.6 Å². The molecule has 0 radical (unpaired) electrons. The van der Waals surface area contributed by atoms with Crippen LogP contribution >= 0.6 is 0 Å². The maximum absolute atomic E-state index is 13.4. The minimum absolute atomic E-state index is 0.00840. The van der Waals surface area contributed by atoms with Crippen LogP contribution in [0, 0.1) is 0 Å². The highest BCUT2D eigenvalue weighted by molar-refractivity contribution is 5.98. The Morgan fingerprint density at radius 3 is 2.56 bits per heavy atom. The third-order valence-corrected chi connectivity index (χ3v) is 5.62. The summed E-state index contributed by atoms with van der Waals surface area (Å²) >= 11 is 0.